The zero-order valence-corrected chi connectivity index (χ0v) is 14.6. The number of alkyl halides is 3. The number of nitrogens with one attached hydrogen (secondary N) is 2. The summed E-state index contributed by atoms with van der Waals surface area (Å²) in [6.07, 6.45) is -2.77. The Morgan fingerprint density at radius 1 is 1.28 bits per heavy atom. The minimum atomic E-state index is -4.43. The van der Waals surface area contributed by atoms with Gasteiger partial charge in [0.15, 0.2) is 24.7 Å². The van der Waals surface area contributed by atoms with Gasteiger partial charge in [-0.05, 0) is 38.4 Å². The summed E-state index contributed by atoms with van der Waals surface area (Å²) in [5.41, 5.74) is 0. The number of hydrogen-bond acceptors (Lipinski definition) is 4. The Labute approximate surface area is 150 Å². The maximum absolute atomic E-state index is 12.2. The van der Waals surface area contributed by atoms with Gasteiger partial charge in [-0.1, -0.05) is 12.1 Å². The lowest BCUT2D eigenvalue weighted by Crippen LogP contribution is -2.47. The molecule has 5 nitrogen and oxygen atoms in total. The van der Waals surface area contributed by atoms with Crippen LogP contribution in [0.15, 0.2) is 24.3 Å². The highest BCUT2D eigenvalue weighted by Gasteiger charge is 2.29. The second kappa shape index (κ2) is 9.72. The summed E-state index contributed by atoms with van der Waals surface area (Å²) >= 11 is 0. The normalized spacial score (nSPS) is 20.3. The van der Waals surface area contributed by atoms with Crippen molar-refractivity contribution in [3.05, 3.63) is 24.3 Å². The van der Waals surface area contributed by atoms with E-state index in [4.69, 9.17) is 9.47 Å². The number of ether oxygens (including phenoxy) is 2. The lowest BCUT2D eigenvalue weighted by atomic mass is 10.0. The fourth-order valence-electron chi connectivity index (χ4n) is 2.52. The Balaban J connectivity index is 0.00000312. The zero-order valence-electron chi connectivity index (χ0n) is 13.8. The maximum Gasteiger partial charge on any atom is 0.422 e. The molecule has 0 radical (unpaired) electrons. The van der Waals surface area contributed by atoms with Crippen molar-refractivity contribution in [1.29, 1.82) is 0 Å². The molecule has 25 heavy (non-hydrogen) atoms. The second-order valence-electron chi connectivity index (χ2n) is 5.78. The van der Waals surface area contributed by atoms with Crippen molar-refractivity contribution < 1.29 is 27.4 Å². The molecule has 1 heterocycles. The van der Waals surface area contributed by atoms with Gasteiger partial charge >= 0.3 is 6.18 Å². The molecule has 0 saturated carbocycles. The van der Waals surface area contributed by atoms with Gasteiger partial charge in [0.2, 0.25) is 0 Å². The summed E-state index contributed by atoms with van der Waals surface area (Å²) in [5, 5.41) is 6.16. The van der Waals surface area contributed by atoms with E-state index in [1.165, 1.54) is 18.2 Å². The van der Waals surface area contributed by atoms with Gasteiger partial charge in [-0.15, -0.1) is 12.4 Å². The minimum absolute atomic E-state index is 0. The highest BCUT2D eigenvalue weighted by Crippen LogP contribution is 2.28. The molecule has 1 aromatic carbocycles. The quantitative estimate of drug-likeness (QED) is 0.794. The van der Waals surface area contributed by atoms with Gasteiger partial charge in [-0.2, -0.15) is 13.2 Å². The van der Waals surface area contributed by atoms with Crippen molar-refractivity contribution in [2.75, 3.05) is 19.8 Å². The summed E-state index contributed by atoms with van der Waals surface area (Å²) in [4.78, 5) is 11.9. The second-order valence-corrected chi connectivity index (χ2v) is 5.78. The first-order chi connectivity index (χ1) is 11.3. The standard InChI is InChI=1S/C16H21F3N2O3.ClH/c1-11-8-12(6-7-20-11)21-15(22)9-23-13-4-2-3-5-14(13)24-10-16(17,18)19;/h2-5,11-12,20H,6-10H2,1H3,(H,21,22);1H. The van der Waals surface area contributed by atoms with Crippen LogP contribution in [0.1, 0.15) is 19.8 Å². The predicted octanol–water partition coefficient (Wildman–Crippen LogP) is 2.69. The number of rotatable bonds is 6. The van der Waals surface area contributed by atoms with Crippen molar-refractivity contribution in [2.24, 2.45) is 0 Å². The van der Waals surface area contributed by atoms with Crippen LogP contribution in [0.4, 0.5) is 13.2 Å². The molecule has 2 N–H and O–H groups in total. The van der Waals surface area contributed by atoms with E-state index >= 15 is 0 Å². The van der Waals surface area contributed by atoms with E-state index < -0.39 is 12.8 Å². The number of amides is 1. The molecule has 0 aromatic heterocycles. The number of benzene rings is 1. The van der Waals surface area contributed by atoms with Crippen LogP contribution in [0.3, 0.4) is 0 Å². The molecular formula is C16H22ClF3N2O3. The third-order valence-electron chi connectivity index (χ3n) is 3.59. The number of carbonyl (C=O) groups is 1. The van der Waals surface area contributed by atoms with Gasteiger partial charge in [0.05, 0.1) is 0 Å². The number of para-hydroxylation sites is 2. The highest BCUT2D eigenvalue weighted by molar-refractivity contribution is 5.85. The van der Waals surface area contributed by atoms with E-state index in [9.17, 15) is 18.0 Å². The van der Waals surface area contributed by atoms with Crippen LogP contribution in [-0.4, -0.2) is 43.9 Å². The molecule has 2 atom stereocenters. The number of carbonyl (C=O) groups excluding carboxylic acids is 1. The third-order valence-corrected chi connectivity index (χ3v) is 3.59. The Morgan fingerprint density at radius 3 is 2.52 bits per heavy atom. The van der Waals surface area contributed by atoms with E-state index in [0.717, 1.165) is 19.4 Å². The van der Waals surface area contributed by atoms with E-state index in [1.807, 2.05) is 6.92 Å². The number of piperidine rings is 1. The molecule has 2 unspecified atom stereocenters. The van der Waals surface area contributed by atoms with Gasteiger partial charge in [-0.3, -0.25) is 4.79 Å². The minimum Gasteiger partial charge on any atom is -0.480 e. The maximum atomic E-state index is 12.2. The fourth-order valence-corrected chi connectivity index (χ4v) is 2.52. The van der Waals surface area contributed by atoms with E-state index in [1.54, 1.807) is 6.07 Å². The number of halogens is 4. The molecule has 1 saturated heterocycles. The smallest absolute Gasteiger partial charge is 0.422 e. The molecule has 1 aromatic rings. The Morgan fingerprint density at radius 2 is 1.92 bits per heavy atom. The van der Waals surface area contributed by atoms with Crippen molar-refractivity contribution in [2.45, 2.75) is 38.0 Å². The topological polar surface area (TPSA) is 59.6 Å². The Kier molecular flexibility index (Phi) is 8.31. The first-order valence-corrected chi connectivity index (χ1v) is 7.77. The molecule has 0 spiro atoms. The molecule has 1 fully saturated rings. The van der Waals surface area contributed by atoms with Crippen molar-refractivity contribution in [3.63, 3.8) is 0 Å². The molecule has 1 aliphatic rings. The van der Waals surface area contributed by atoms with Crippen molar-refractivity contribution in [1.82, 2.24) is 10.6 Å². The summed E-state index contributed by atoms with van der Waals surface area (Å²) in [6, 6.07) is 6.38. The van der Waals surface area contributed by atoms with E-state index in [0.29, 0.717) is 6.04 Å². The van der Waals surface area contributed by atoms with E-state index in [-0.39, 0.29) is 42.5 Å². The molecule has 2 rings (SSSR count). The van der Waals surface area contributed by atoms with Gasteiger partial charge < -0.3 is 20.1 Å². The average molecular weight is 383 g/mol. The van der Waals surface area contributed by atoms with Crippen LogP contribution >= 0.6 is 12.4 Å². The summed E-state index contributed by atoms with van der Waals surface area (Å²) < 4.78 is 46.8. The molecule has 142 valence electrons. The lowest BCUT2D eigenvalue weighted by molar-refractivity contribution is -0.153. The van der Waals surface area contributed by atoms with E-state index in [2.05, 4.69) is 10.6 Å². The molecule has 0 aliphatic carbocycles. The van der Waals surface area contributed by atoms with Crippen LogP contribution in [-0.2, 0) is 4.79 Å². The van der Waals surface area contributed by atoms with Crippen LogP contribution < -0.4 is 20.1 Å². The zero-order chi connectivity index (χ0) is 17.6. The predicted molar refractivity (Wildman–Crippen MR) is 89.4 cm³/mol. The fraction of sp³-hybridized carbons (Fsp3) is 0.562. The first-order valence-electron chi connectivity index (χ1n) is 7.77. The monoisotopic (exact) mass is 382 g/mol. The summed E-state index contributed by atoms with van der Waals surface area (Å²) in [7, 11) is 0. The molecule has 0 bridgehead atoms. The van der Waals surface area contributed by atoms with Crippen LogP contribution in [0.25, 0.3) is 0 Å². The van der Waals surface area contributed by atoms with Crippen LogP contribution in [0.5, 0.6) is 11.5 Å². The van der Waals surface area contributed by atoms with Gasteiger partial charge in [-0.25, -0.2) is 0 Å². The third kappa shape index (κ3) is 7.83. The molecular weight excluding hydrogens is 361 g/mol. The van der Waals surface area contributed by atoms with Gasteiger partial charge in [0.1, 0.15) is 0 Å². The SMILES string of the molecule is CC1CC(NC(=O)COc2ccccc2OCC(F)(F)F)CCN1.Cl. The largest absolute Gasteiger partial charge is 0.480 e. The van der Waals surface area contributed by atoms with Gasteiger partial charge in [0.25, 0.3) is 5.91 Å². The van der Waals surface area contributed by atoms with Crippen molar-refractivity contribution in [3.8, 4) is 11.5 Å². The number of hydrogen-bond donors (Lipinski definition) is 2. The lowest BCUT2D eigenvalue weighted by Gasteiger charge is -2.28. The molecule has 1 aliphatic heterocycles. The average Bonchev–Trinajstić information content (AvgIpc) is 2.51. The Bertz CT molecular complexity index is 558. The van der Waals surface area contributed by atoms with Crippen molar-refractivity contribution >= 4 is 18.3 Å². The summed E-state index contributed by atoms with van der Waals surface area (Å²) in [5.74, 6) is -0.242. The molecule has 9 heteroatoms. The van der Waals surface area contributed by atoms with Crippen LogP contribution in [0, 0.1) is 0 Å². The first kappa shape index (κ1) is 21.4. The molecule has 1 amide bonds. The van der Waals surface area contributed by atoms with Crippen LogP contribution in [0.2, 0.25) is 0 Å². The highest BCUT2D eigenvalue weighted by atomic mass is 35.5. The summed E-state index contributed by atoms with van der Waals surface area (Å²) in [6.45, 7) is 1.20. The van der Waals surface area contributed by atoms with Gasteiger partial charge in [0, 0.05) is 12.1 Å². The Hall–Kier alpha value is -1.67.